The van der Waals surface area contributed by atoms with Crippen LogP contribution in [0.25, 0.3) is 0 Å². The third kappa shape index (κ3) is 4.63. The fourth-order valence-corrected chi connectivity index (χ4v) is 2.53. The Balaban J connectivity index is 2.07. The van der Waals surface area contributed by atoms with Gasteiger partial charge in [-0.2, -0.15) is 13.9 Å². The molecule has 1 aromatic carbocycles. The number of carbonyl (C=O) groups is 1. The van der Waals surface area contributed by atoms with Crippen molar-refractivity contribution < 1.29 is 23.0 Å². The van der Waals surface area contributed by atoms with E-state index in [9.17, 15) is 13.6 Å². The van der Waals surface area contributed by atoms with Gasteiger partial charge in [-0.25, -0.2) is 0 Å². The first-order valence-corrected chi connectivity index (χ1v) is 8.24. The van der Waals surface area contributed by atoms with Crippen molar-refractivity contribution in [1.82, 2.24) is 9.78 Å². The van der Waals surface area contributed by atoms with Crippen LogP contribution in [0.4, 0.5) is 14.5 Å². The Labute approximate surface area is 155 Å². The Bertz CT molecular complexity index is 796. The highest BCUT2D eigenvalue weighted by Crippen LogP contribution is 2.31. The molecule has 1 heterocycles. The molecule has 6 nitrogen and oxygen atoms in total. The Hall–Kier alpha value is -2.35. The van der Waals surface area contributed by atoms with Gasteiger partial charge >= 0.3 is 6.61 Å². The van der Waals surface area contributed by atoms with Crippen LogP contribution in [0.1, 0.15) is 18.3 Å². The minimum absolute atomic E-state index is 0.0982. The number of benzene rings is 1. The molecule has 0 bridgehead atoms. The molecule has 2 aromatic rings. The number of aromatic nitrogens is 2. The van der Waals surface area contributed by atoms with Crippen LogP contribution in [0.15, 0.2) is 18.2 Å². The van der Waals surface area contributed by atoms with Crippen LogP contribution in [0.3, 0.4) is 0 Å². The van der Waals surface area contributed by atoms with Gasteiger partial charge in [-0.15, -0.1) is 0 Å². The predicted octanol–water partition coefficient (Wildman–Crippen LogP) is 4.04. The molecule has 9 heteroatoms. The van der Waals surface area contributed by atoms with E-state index in [1.165, 1.54) is 25.3 Å². The predicted molar refractivity (Wildman–Crippen MR) is 94.1 cm³/mol. The van der Waals surface area contributed by atoms with Crippen molar-refractivity contribution in [3.05, 3.63) is 34.6 Å². The zero-order chi connectivity index (χ0) is 19.4. The number of hydrogen-bond acceptors (Lipinski definition) is 4. The highest BCUT2D eigenvalue weighted by Gasteiger charge is 2.18. The molecule has 0 saturated heterocycles. The monoisotopic (exact) mass is 387 g/mol. The fourth-order valence-electron chi connectivity index (χ4n) is 2.40. The van der Waals surface area contributed by atoms with Crippen molar-refractivity contribution in [2.24, 2.45) is 5.92 Å². The number of alkyl halides is 2. The molecule has 1 atom stereocenters. The van der Waals surface area contributed by atoms with Gasteiger partial charge in [-0.3, -0.25) is 9.48 Å². The summed E-state index contributed by atoms with van der Waals surface area (Å²) >= 11 is 6.11. The highest BCUT2D eigenvalue weighted by molar-refractivity contribution is 6.31. The zero-order valence-electron chi connectivity index (χ0n) is 14.8. The summed E-state index contributed by atoms with van der Waals surface area (Å²) in [6.07, 6.45) is 0. The van der Waals surface area contributed by atoms with E-state index in [4.69, 9.17) is 16.3 Å². The molecule has 0 saturated carbocycles. The summed E-state index contributed by atoms with van der Waals surface area (Å²) < 4.78 is 35.8. The van der Waals surface area contributed by atoms with E-state index >= 15 is 0 Å². The van der Waals surface area contributed by atoms with Gasteiger partial charge in [-0.1, -0.05) is 18.5 Å². The molecule has 0 aliphatic rings. The van der Waals surface area contributed by atoms with Gasteiger partial charge in [0, 0.05) is 11.8 Å². The molecule has 1 amide bonds. The average Bonchev–Trinajstić information content (AvgIpc) is 2.82. The number of amides is 1. The maximum Gasteiger partial charge on any atom is 0.387 e. The second-order valence-corrected chi connectivity index (χ2v) is 6.18. The SMILES string of the molecule is COc1cc(NC(=O)C(C)Cn2nc(C)c(Cl)c2C)ccc1OC(F)F. The molecule has 0 spiro atoms. The summed E-state index contributed by atoms with van der Waals surface area (Å²) in [6.45, 7) is 2.78. The lowest BCUT2D eigenvalue weighted by molar-refractivity contribution is -0.119. The molecule has 26 heavy (non-hydrogen) atoms. The highest BCUT2D eigenvalue weighted by atomic mass is 35.5. The summed E-state index contributed by atoms with van der Waals surface area (Å²) in [5.74, 6) is -0.655. The Kier molecular flexibility index (Phi) is 6.42. The van der Waals surface area contributed by atoms with Crippen LogP contribution in [-0.4, -0.2) is 29.4 Å². The molecule has 0 aliphatic heterocycles. The molecule has 0 aliphatic carbocycles. The van der Waals surface area contributed by atoms with Crippen LogP contribution in [-0.2, 0) is 11.3 Å². The minimum Gasteiger partial charge on any atom is -0.493 e. The topological polar surface area (TPSA) is 65.4 Å². The Morgan fingerprint density at radius 1 is 1.35 bits per heavy atom. The number of anilines is 1. The fraction of sp³-hybridized carbons (Fsp3) is 0.412. The number of aryl methyl sites for hydroxylation is 1. The lowest BCUT2D eigenvalue weighted by atomic mass is 10.1. The van der Waals surface area contributed by atoms with Gasteiger partial charge in [0.15, 0.2) is 11.5 Å². The summed E-state index contributed by atoms with van der Waals surface area (Å²) in [4.78, 5) is 12.4. The summed E-state index contributed by atoms with van der Waals surface area (Å²) in [5.41, 5.74) is 1.90. The second kappa shape index (κ2) is 8.35. The first kappa shape index (κ1) is 20.0. The van der Waals surface area contributed by atoms with Crippen molar-refractivity contribution in [3.8, 4) is 11.5 Å². The largest absolute Gasteiger partial charge is 0.493 e. The van der Waals surface area contributed by atoms with E-state index < -0.39 is 12.5 Å². The number of rotatable bonds is 7. The number of methoxy groups -OCH3 is 1. The van der Waals surface area contributed by atoms with Crippen LogP contribution < -0.4 is 14.8 Å². The molecular formula is C17H20ClF2N3O3. The average molecular weight is 388 g/mol. The van der Waals surface area contributed by atoms with Gasteiger partial charge in [0.2, 0.25) is 5.91 Å². The van der Waals surface area contributed by atoms with E-state index in [1.807, 2.05) is 6.92 Å². The number of hydrogen-bond donors (Lipinski definition) is 1. The van der Waals surface area contributed by atoms with Crippen molar-refractivity contribution in [1.29, 1.82) is 0 Å². The molecule has 1 N–H and O–H groups in total. The maximum atomic E-state index is 12.4. The lowest BCUT2D eigenvalue weighted by Crippen LogP contribution is -2.25. The lowest BCUT2D eigenvalue weighted by Gasteiger charge is -2.15. The molecule has 1 unspecified atom stereocenters. The number of nitrogens with one attached hydrogen (secondary N) is 1. The molecule has 1 aromatic heterocycles. The number of nitrogens with zero attached hydrogens (tertiary/aromatic N) is 2. The van der Waals surface area contributed by atoms with Crippen LogP contribution in [0, 0.1) is 19.8 Å². The van der Waals surface area contributed by atoms with Crippen molar-refractivity contribution >= 4 is 23.2 Å². The van der Waals surface area contributed by atoms with Gasteiger partial charge in [0.1, 0.15) is 0 Å². The third-order valence-corrected chi connectivity index (χ3v) is 4.38. The first-order valence-electron chi connectivity index (χ1n) is 7.86. The summed E-state index contributed by atoms with van der Waals surface area (Å²) in [7, 11) is 1.33. The van der Waals surface area contributed by atoms with E-state index in [0.29, 0.717) is 22.9 Å². The second-order valence-electron chi connectivity index (χ2n) is 5.80. The van der Waals surface area contributed by atoms with Gasteiger partial charge in [0.05, 0.1) is 36.0 Å². The summed E-state index contributed by atoms with van der Waals surface area (Å²) in [5, 5.41) is 7.61. The smallest absolute Gasteiger partial charge is 0.387 e. The molecule has 0 radical (unpaired) electrons. The Morgan fingerprint density at radius 2 is 2.04 bits per heavy atom. The molecule has 0 fully saturated rings. The minimum atomic E-state index is -2.96. The Morgan fingerprint density at radius 3 is 2.58 bits per heavy atom. The van der Waals surface area contributed by atoms with Crippen molar-refractivity contribution in [3.63, 3.8) is 0 Å². The van der Waals surface area contributed by atoms with Crippen LogP contribution >= 0.6 is 11.6 Å². The molecule has 142 valence electrons. The number of halogens is 3. The number of carbonyl (C=O) groups excluding carboxylic acids is 1. The third-order valence-electron chi connectivity index (χ3n) is 3.83. The van der Waals surface area contributed by atoms with Crippen LogP contribution in [0.2, 0.25) is 5.02 Å². The van der Waals surface area contributed by atoms with Gasteiger partial charge in [-0.05, 0) is 26.0 Å². The maximum absolute atomic E-state index is 12.4. The molecule has 2 rings (SSSR count). The van der Waals surface area contributed by atoms with E-state index in [1.54, 1.807) is 18.5 Å². The quantitative estimate of drug-likeness (QED) is 0.778. The van der Waals surface area contributed by atoms with Gasteiger partial charge in [0.25, 0.3) is 0 Å². The standard InChI is InChI=1S/C17H20ClF2N3O3/c1-9(8-23-11(3)15(18)10(2)22-23)16(24)21-12-5-6-13(26-17(19)20)14(7-12)25-4/h5-7,9,17H,8H2,1-4H3,(H,21,24). The van der Waals surface area contributed by atoms with E-state index in [2.05, 4.69) is 15.2 Å². The van der Waals surface area contributed by atoms with Crippen molar-refractivity contribution in [2.45, 2.75) is 33.9 Å². The molecular weight excluding hydrogens is 368 g/mol. The van der Waals surface area contributed by atoms with E-state index in [0.717, 1.165) is 5.69 Å². The summed E-state index contributed by atoms with van der Waals surface area (Å²) in [6, 6.07) is 4.19. The first-order chi connectivity index (χ1) is 12.2. The van der Waals surface area contributed by atoms with Crippen LogP contribution in [0.5, 0.6) is 11.5 Å². The van der Waals surface area contributed by atoms with Gasteiger partial charge < -0.3 is 14.8 Å². The van der Waals surface area contributed by atoms with E-state index in [-0.39, 0.29) is 17.4 Å². The number of ether oxygens (including phenoxy) is 2. The zero-order valence-corrected chi connectivity index (χ0v) is 15.6. The normalized spacial score (nSPS) is 12.2. The van der Waals surface area contributed by atoms with Crippen molar-refractivity contribution in [2.75, 3.05) is 12.4 Å².